The molecule has 13 aromatic rings. The smallest absolute Gasteiger partial charge is 0.168 e. The lowest BCUT2D eigenvalue weighted by atomic mass is 9.98. The van der Waals surface area contributed by atoms with Gasteiger partial charge in [0.2, 0.25) is 0 Å². The summed E-state index contributed by atoms with van der Waals surface area (Å²) >= 11 is 3.51. The summed E-state index contributed by atoms with van der Waals surface area (Å²) in [6, 6.07) is 89.4. The summed E-state index contributed by atoms with van der Waals surface area (Å²) in [5.74, 6) is 4.41. The number of hydrogen-bond acceptors (Lipinski definition) is 4. The highest BCUT2D eigenvalue weighted by Crippen LogP contribution is 2.37. The molecule has 0 saturated carbocycles. The highest BCUT2D eigenvalue weighted by atomic mass is 79.9. The Morgan fingerprint density at radius 3 is 1.07 bits per heavy atom. The van der Waals surface area contributed by atoms with Gasteiger partial charge in [0.25, 0.3) is 0 Å². The number of para-hydroxylation sites is 2. The largest absolute Gasteiger partial charge is 0.309 e. The van der Waals surface area contributed by atoms with Crippen molar-refractivity contribution in [2.45, 2.75) is 58.8 Å². The standard InChI is InChI=1S/C36H30N4.C24H22BrN3.C13H10/c1-3-25(2)26-17-21-30(22-18-26)40-35(27-11-5-4-6-12-27)37-38-36(40)28-19-23-29(24-20-28)39-33-15-9-7-13-31(33)32-14-8-10-16-34(32)39;1-3-17(2)18-11-15-22(16-12-18)28-23(19-7-5-4-6-8-19)26-27-24(28)20-9-13-21(25)14-10-20;1-3-7-12-10(5-1)9-11-6-2-4-8-13(11)12/h4-25H,3H2,1-2H3;4-17H,3H2,1-2H3;1-8H,9H2. The van der Waals surface area contributed by atoms with Crippen LogP contribution in [-0.2, 0) is 6.42 Å². The number of fused-ring (bicyclic) bond motifs is 6. The first-order valence-corrected chi connectivity index (χ1v) is 28.9. The van der Waals surface area contributed by atoms with Crippen molar-refractivity contribution < 1.29 is 0 Å². The van der Waals surface area contributed by atoms with Gasteiger partial charge in [-0.2, -0.15) is 0 Å². The van der Waals surface area contributed by atoms with Gasteiger partial charge in [0.1, 0.15) is 0 Å². The molecule has 0 radical (unpaired) electrons. The Balaban J connectivity index is 0.000000136. The molecule has 1 aliphatic rings. The van der Waals surface area contributed by atoms with E-state index in [1.54, 1.807) is 0 Å². The third-order valence-corrected chi connectivity index (χ3v) is 16.4. The van der Waals surface area contributed by atoms with Crippen LogP contribution in [0.4, 0.5) is 0 Å². The van der Waals surface area contributed by atoms with Crippen LogP contribution in [0.5, 0.6) is 0 Å². The van der Waals surface area contributed by atoms with Crippen molar-refractivity contribution >= 4 is 37.7 Å². The molecule has 14 rings (SSSR count). The average molecular weight is 1120 g/mol. The summed E-state index contributed by atoms with van der Waals surface area (Å²) in [5.41, 5.74) is 18.2. The van der Waals surface area contributed by atoms with E-state index in [2.05, 4.69) is 279 Å². The summed E-state index contributed by atoms with van der Waals surface area (Å²) in [4.78, 5) is 0. The van der Waals surface area contributed by atoms with E-state index in [1.807, 2.05) is 48.5 Å². The zero-order valence-electron chi connectivity index (χ0n) is 46.0. The predicted octanol–water partition coefficient (Wildman–Crippen LogP) is 19.3. The molecular weight excluding hydrogens is 1050 g/mol. The molecule has 3 aromatic heterocycles. The van der Waals surface area contributed by atoms with E-state index >= 15 is 0 Å². The summed E-state index contributed by atoms with van der Waals surface area (Å²) in [5, 5.41) is 21.0. The lowest BCUT2D eigenvalue weighted by molar-refractivity contribution is 0.733. The number of aromatic nitrogens is 7. The molecule has 0 bridgehead atoms. The quantitative estimate of drug-likeness (QED) is 0.129. The van der Waals surface area contributed by atoms with Crippen LogP contribution in [0.1, 0.15) is 74.6 Å². The lowest BCUT2D eigenvalue weighted by Crippen LogP contribution is -2.01. The van der Waals surface area contributed by atoms with Crippen LogP contribution in [0, 0.1) is 0 Å². The Morgan fingerprint density at radius 2 is 0.667 bits per heavy atom. The summed E-state index contributed by atoms with van der Waals surface area (Å²) in [6.07, 6.45) is 3.35. The lowest BCUT2D eigenvalue weighted by Gasteiger charge is -2.14. The minimum absolute atomic E-state index is 0.524. The van der Waals surface area contributed by atoms with Gasteiger partial charge in [-0.1, -0.05) is 226 Å². The van der Waals surface area contributed by atoms with E-state index in [1.165, 1.54) is 55.2 Å². The molecule has 1 aliphatic carbocycles. The molecule has 7 nitrogen and oxygen atoms in total. The van der Waals surface area contributed by atoms with Crippen molar-refractivity contribution in [3.05, 3.63) is 282 Å². The molecule has 2 atom stereocenters. The fraction of sp³-hybridized carbons (Fsp3) is 0.123. The van der Waals surface area contributed by atoms with Crippen LogP contribution in [0.2, 0.25) is 0 Å². The highest BCUT2D eigenvalue weighted by Gasteiger charge is 2.21. The van der Waals surface area contributed by atoms with Crippen molar-refractivity contribution in [3.63, 3.8) is 0 Å². The Kier molecular flexibility index (Phi) is 15.3. The number of hydrogen-bond donors (Lipinski definition) is 0. The summed E-state index contributed by atoms with van der Waals surface area (Å²) in [6.45, 7) is 8.98. The topological polar surface area (TPSA) is 66.3 Å². The van der Waals surface area contributed by atoms with E-state index in [9.17, 15) is 0 Å². The van der Waals surface area contributed by atoms with Gasteiger partial charge in [0.05, 0.1) is 11.0 Å². The van der Waals surface area contributed by atoms with E-state index in [0.29, 0.717) is 11.8 Å². The van der Waals surface area contributed by atoms with Crippen LogP contribution in [-0.4, -0.2) is 34.1 Å². The Labute approximate surface area is 483 Å². The fourth-order valence-corrected chi connectivity index (χ4v) is 11.3. The molecule has 8 heteroatoms. The molecule has 0 saturated heterocycles. The van der Waals surface area contributed by atoms with E-state index in [4.69, 9.17) is 5.10 Å². The van der Waals surface area contributed by atoms with Crippen LogP contribution < -0.4 is 0 Å². The Morgan fingerprint density at radius 1 is 0.346 bits per heavy atom. The van der Waals surface area contributed by atoms with E-state index in [-0.39, 0.29) is 0 Å². The van der Waals surface area contributed by atoms with Gasteiger partial charge in [0, 0.05) is 54.6 Å². The molecule has 0 spiro atoms. The van der Waals surface area contributed by atoms with Crippen LogP contribution in [0.15, 0.2) is 259 Å². The molecule has 2 unspecified atom stereocenters. The van der Waals surface area contributed by atoms with Crippen LogP contribution in [0.25, 0.3) is 95.5 Å². The summed E-state index contributed by atoms with van der Waals surface area (Å²) < 4.78 is 7.69. The molecule has 0 amide bonds. The average Bonchev–Trinajstić information content (AvgIpc) is 4.55. The fourth-order valence-electron chi connectivity index (χ4n) is 11.0. The zero-order valence-corrected chi connectivity index (χ0v) is 47.6. The van der Waals surface area contributed by atoms with E-state index < -0.39 is 0 Å². The van der Waals surface area contributed by atoms with Gasteiger partial charge in [-0.25, -0.2) is 0 Å². The third-order valence-electron chi connectivity index (χ3n) is 15.8. The first kappa shape index (κ1) is 52.5. The Hall–Kier alpha value is -9.24. The predicted molar refractivity (Wildman–Crippen MR) is 339 cm³/mol. The van der Waals surface area contributed by atoms with Crippen molar-refractivity contribution in [2.75, 3.05) is 0 Å². The van der Waals surface area contributed by atoms with E-state index in [0.717, 1.165) is 86.3 Å². The molecule has 0 fully saturated rings. The maximum atomic E-state index is 4.71. The third kappa shape index (κ3) is 10.7. The zero-order chi connectivity index (χ0) is 55.2. The van der Waals surface area contributed by atoms with Gasteiger partial charge < -0.3 is 4.57 Å². The van der Waals surface area contributed by atoms with Crippen LogP contribution >= 0.6 is 15.9 Å². The van der Waals surface area contributed by atoms with Crippen molar-refractivity contribution in [2.24, 2.45) is 0 Å². The molecular formula is C73H62BrN7. The van der Waals surface area contributed by atoms with Crippen molar-refractivity contribution in [3.8, 4) is 73.7 Å². The molecule has 81 heavy (non-hydrogen) atoms. The maximum Gasteiger partial charge on any atom is 0.168 e. The molecule has 396 valence electrons. The second kappa shape index (κ2) is 23.6. The monoisotopic (exact) mass is 1120 g/mol. The van der Waals surface area contributed by atoms with Gasteiger partial charge in [-0.05, 0) is 137 Å². The molecule has 10 aromatic carbocycles. The molecule has 3 heterocycles. The number of nitrogens with zero attached hydrogens (tertiary/aromatic N) is 7. The minimum atomic E-state index is 0.524. The molecule has 0 aliphatic heterocycles. The minimum Gasteiger partial charge on any atom is -0.309 e. The van der Waals surface area contributed by atoms with Crippen LogP contribution in [0.3, 0.4) is 0 Å². The number of halogens is 1. The normalized spacial score (nSPS) is 12.2. The first-order chi connectivity index (χ1) is 39.8. The van der Waals surface area contributed by atoms with Gasteiger partial charge in [-0.15, -0.1) is 20.4 Å². The SMILES string of the molecule is CCC(C)c1ccc(-n2c(-c3ccccc3)nnc2-c2ccc(-n3c4ccccc4c4ccccc43)cc2)cc1.CCC(C)c1ccc(-n2c(-c3ccccc3)nnc2-c2ccc(Br)cc2)cc1.c1ccc2c(c1)Cc1ccccc1-2. The Bertz CT molecular complexity index is 4140. The summed E-state index contributed by atoms with van der Waals surface area (Å²) in [7, 11) is 0. The van der Waals surface area contributed by atoms with Gasteiger partial charge in [-0.3, -0.25) is 9.13 Å². The van der Waals surface area contributed by atoms with Gasteiger partial charge >= 0.3 is 0 Å². The number of rotatable bonds is 11. The van der Waals surface area contributed by atoms with Crippen molar-refractivity contribution in [1.29, 1.82) is 0 Å². The second-order valence-corrected chi connectivity index (χ2v) is 21.7. The first-order valence-electron chi connectivity index (χ1n) is 28.1. The van der Waals surface area contributed by atoms with Gasteiger partial charge in [0.15, 0.2) is 23.3 Å². The maximum absolute atomic E-state index is 4.71. The van der Waals surface area contributed by atoms with Crippen molar-refractivity contribution in [1.82, 2.24) is 34.1 Å². The number of benzene rings is 10. The second-order valence-electron chi connectivity index (χ2n) is 20.8. The molecule has 0 N–H and O–H groups in total. The highest BCUT2D eigenvalue weighted by molar-refractivity contribution is 9.10.